The first kappa shape index (κ1) is 32.4. The van der Waals surface area contributed by atoms with Crippen LogP contribution >= 0.6 is 0 Å². The summed E-state index contributed by atoms with van der Waals surface area (Å²) in [6.07, 6.45) is 3.86. The Bertz CT molecular complexity index is 1710. The SMILES string of the molecule is CC(C)(C)c1cc(NC(=O)CN2CCOCC2)cc(NC(=O)Nc2ccc(-c3ccc(NC4CCOCC4)cn3)c3ccccc23)c1. The molecule has 2 aliphatic heterocycles. The first-order chi connectivity index (χ1) is 22.7. The van der Waals surface area contributed by atoms with E-state index < -0.39 is 0 Å². The van der Waals surface area contributed by atoms with Crippen LogP contribution in [0.25, 0.3) is 22.0 Å². The van der Waals surface area contributed by atoms with Crippen molar-refractivity contribution in [3.63, 3.8) is 0 Å². The summed E-state index contributed by atoms with van der Waals surface area (Å²) in [5.74, 6) is -0.0976. The summed E-state index contributed by atoms with van der Waals surface area (Å²) in [5, 5.41) is 14.5. The molecule has 0 aliphatic carbocycles. The molecule has 2 aliphatic rings. The van der Waals surface area contributed by atoms with Crippen molar-refractivity contribution in [3.8, 4) is 11.3 Å². The number of benzene rings is 3. The summed E-state index contributed by atoms with van der Waals surface area (Å²) in [7, 11) is 0. The molecule has 3 amide bonds. The van der Waals surface area contributed by atoms with Crippen molar-refractivity contribution >= 4 is 45.5 Å². The van der Waals surface area contributed by atoms with Gasteiger partial charge >= 0.3 is 6.03 Å². The van der Waals surface area contributed by atoms with Gasteiger partial charge in [0.2, 0.25) is 5.91 Å². The number of hydrogen-bond acceptors (Lipinski definition) is 7. The third kappa shape index (κ3) is 8.45. The highest BCUT2D eigenvalue weighted by Crippen LogP contribution is 2.34. The largest absolute Gasteiger partial charge is 0.381 e. The summed E-state index contributed by atoms with van der Waals surface area (Å²) < 4.78 is 10.9. The molecule has 6 rings (SSSR count). The number of anilines is 4. The zero-order valence-corrected chi connectivity index (χ0v) is 27.4. The van der Waals surface area contributed by atoms with Gasteiger partial charge in [-0.2, -0.15) is 0 Å². The van der Waals surface area contributed by atoms with E-state index in [4.69, 9.17) is 14.5 Å². The Morgan fingerprint density at radius 2 is 1.51 bits per heavy atom. The van der Waals surface area contributed by atoms with Crippen molar-refractivity contribution in [1.82, 2.24) is 9.88 Å². The highest BCUT2D eigenvalue weighted by atomic mass is 16.5. The molecule has 10 nitrogen and oxygen atoms in total. The monoisotopic (exact) mass is 636 g/mol. The fraction of sp³-hybridized carbons (Fsp3) is 0.378. The number of morpholine rings is 1. The third-order valence-electron chi connectivity index (χ3n) is 8.62. The second-order valence-corrected chi connectivity index (χ2v) is 13.2. The van der Waals surface area contributed by atoms with Gasteiger partial charge in [0, 0.05) is 54.7 Å². The molecule has 0 spiro atoms. The predicted molar refractivity (Wildman–Crippen MR) is 188 cm³/mol. The van der Waals surface area contributed by atoms with E-state index in [9.17, 15) is 9.59 Å². The summed E-state index contributed by atoms with van der Waals surface area (Å²) in [5.41, 5.74) is 5.56. The standard InChI is InChI=1S/C37H44N6O4/c1-37(2,3)25-20-28(40-35(44)24-43-14-18-47-19-15-43)22-29(21-25)41-36(45)42-34-11-9-32(30-6-4-5-7-31(30)34)33-10-8-27(23-38-33)39-26-12-16-46-17-13-26/h4-11,20-23,26,39H,12-19,24H2,1-3H3,(H,40,44)(H2,41,42,45). The Morgan fingerprint density at radius 1 is 0.809 bits per heavy atom. The van der Waals surface area contributed by atoms with Crippen LogP contribution in [-0.2, 0) is 19.7 Å². The zero-order chi connectivity index (χ0) is 32.8. The van der Waals surface area contributed by atoms with Crippen molar-refractivity contribution in [3.05, 3.63) is 78.5 Å². The molecular weight excluding hydrogens is 592 g/mol. The number of amides is 3. The van der Waals surface area contributed by atoms with Crippen molar-refractivity contribution < 1.29 is 19.1 Å². The Kier molecular flexibility index (Phi) is 10.0. The van der Waals surface area contributed by atoms with Crippen LogP contribution in [0.3, 0.4) is 0 Å². The van der Waals surface area contributed by atoms with Crippen molar-refractivity contribution in [1.29, 1.82) is 0 Å². The van der Waals surface area contributed by atoms with Crippen LogP contribution in [0.2, 0.25) is 0 Å². The first-order valence-electron chi connectivity index (χ1n) is 16.4. The molecule has 0 atom stereocenters. The summed E-state index contributed by atoms with van der Waals surface area (Å²) in [4.78, 5) is 33.1. The van der Waals surface area contributed by atoms with Crippen LogP contribution in [0.1, 0.15) is 39.2 Å². The second-order valence-electron chi connectivity index (χ2n) is 13.2. The molecule has 0 unspecified atom stereocenters. The lowest BCUT2D eigenvalue weighted by Crippen LogP contribution is -2.41. The van der Waals surface area contributed by atoms with E-state index in [0.717, 1.165) is 72.4 Å². The Labute approximate surface area is 276 Å². The van der Waals surface area contributed by atoms with Crippen LogP contribution in [0.15, 0.2) is 72.9 Å². The number of hydrogen-bond donors (Lipinski definition) is 4. The van der Waals surface area contributed by atoms with Gasteiger partial charge in [-0.3, -0.25) is 14.7 Å². The van der Waals surface area contributed by atoms with E-state index in [0.29, 0.717) is 42.9 Å². The maximum atomic E-state index is 13.4. The van der Waals surface area contributed by atoms with Crippen molar-refractivity contribution in [2.24, 2.45) is 0 Å². The third-order valence-corrected chi connectivity index (χ3v) is 8.62. The first-order valence-corrected chi connectivity index (χ1v) is 16.4. The van der Waals surface area contributed by atoms with E-state index in [1.54, 1.807) is 6.07 Å². The number of pyridine rings is 1. The van der Waals surface area contributed by atoms with Crippen LogP contribution in [0.4, 0.5) is 27.5 Å². The fourth-order valence-corrected chi connectivity index (χ4v) is 6.00. The summed E-state index contributed by atoms with van der Waals surface area (Å²) in [6, 6.07) is 21.7. The fourth-order valence-electron chi connectivity index (χ4n) is 6.00. The number of nitrogens with zero attached hydrogens (tertiary/aromatic N) is 2. The van der Waals surface area contributed by atoms with Gasteiger partial charge in [0.25, 0.3) is 0 Å². The quantitative estimate of drug-likeness (QED) is 0.170. The Hall–Kier alpha value is -4.51. The number of fused-ring (bicyclic) bond motifs is 1. The van der Waals surface area contributed by atoms with Crippen molar-refractivity contribution in [2.45, 2.75) is 45.1 Å². The van der Waals surface area contributed by atoms with E-state index in [1.165, 1.54) is 0 Å². The number of rotatable bonds is 8. The lowest BCUT2D eigenvalue weighted by atomic mass is 9.86. The Morgan fingerprint density at radius 3 is 2.21 bits per heavy atom. The highest BCUT2D eigenvalue weighted by Gasteiger charge is 2.19. The van der Waals surface area contributed by atoms with Gasteiger partial charge in [-0.05, 0) is 65.6 Å². The van der Waals surface area contributed by atoms with Gasteiger partial charge in [0.15, 0.2) is 0 Å². The number of ether oxygens (including phenoxy) is 2. The molecule has 246 valence electrons. The molecule has 3 aromatic carbocycles. The molecule has 0 saturated carbocycles. The van der Waals surface area contributed by atoms with Crippen LogP contribution in [0.5, 0.6) is 0 Å². The molecule has 2 saturated heterocycles. The van der Waals surface area contributed by atoms with E-state index in [1.807, 2.05) is 60.8 Å². The minimum atomic E-state index is -0.374. The maximum Gasteiger partial charge on any atom is 0.323 e. The molecule has 10 heteroatoms. The number of aromatic nitrogens is 1. The molecule has 4 N–H and O–H groups in total. The van der Waals surface area contributed by atoms with E-state index >= 15 is 0 Å². The number of nitrogens with one attached hydrogen (secondary N) is 4. The topological polar surface area (TPSA) is 117 Å². The molecule has 1 aromatic heterocycles. The average molecular weight is 637 g/mol. The minimum absolute atomic E-state index is 0.0976. The van der Waals surface area contributed by atoms with E-state index in [-0.39, 0.29) is 17.4 Å². The lowest BCUT2D eigenvalue weighted by Gasteiger charge is -2.26. The molecule has 3 heterocycles. The Balaban J connectivity index is 1.17. The number of urea groups is 1. The van der Waals surface area contributed by atoms with Gasteiger partial charge in [0.1, 0.15) is 0 Å². The maximum absolute atomic E-state index is 13.4. The van der Waals surface area contributed by atoms with Crippen molar-refractivity contribution in [2.75, 3.05) is 67.3 Å². The van der Waals surface area contributed by atoms with Gasteiger partial charge in [-0.1, -0.05) is 51.1 Å². The normalized spacial score (nSPS) is 16.1. The summed E-state index contributed by atoms with van der Waals surface area (Å²) in [6.45, 7) is 10.9. The van der Waals surface area contributed by atoms with Gasteiger partial charge in [0.05, 0.1) is 43.0 Å². The smallest absolute Gasteiger partial charge is 0.323 e. The molecule has 47 heavy (non-hydrogen) atoms. The summed E-state index contributed by atoms with van der Waals surface area (Å²) >= 11 is 0. The van der Waals surface area contributed by atoms with Crippen LogP contribution < -0.4 is 21.3 Å². The zero-order valence-electron chi connectivity index (χ0n) is 27.4. The van der Waals surface area contributed by atoms with Gasteiger partial charge in [-0.25, -0.2) is 4.79 Å². The molecule has 0 radical (unpaired) electrons. The molecule has 0 bridgehead atoms. The lowest BCUT2D eigenvalue weighted by molar-refractivity contribution is -0.118. The van der Waals surface area contributed by atoms with Gasteiger partial charge < -0.3 is 30.7 Å². The highest BCUT2D eigenvalue weighted by molar-refractivity contribution is 6.09. The predicted octanol–water partition coefficient (Wildman–Crippen LogP) is 6.70. The molecular formula is C37H44N6O4. The second kappa shape index (κ2) is 14.5. The van der Waals surface area contributed by atoms with Gasteiger partial charge in [-0.15, -0.1) is 0 Å². The van der Waals surface area contributed by atoms with Crippen LogP contribution in [-0.4, -0.2) is 73.9 Å². The average Bonchev–Trinajstić information content (AvgIpc) is 3.06. The molecule has 2 fully saturated rings. The van der Waals surface area contributed by atoms with E-state index in [2.05, 4.69) is 53.0 Å². The minimum Gasteiger partial charge on any atom is -0.381 e. The van der Waals surface area contributed by atoms with Crippen LogP contribution in [0, 0.1) is 0 Å². The number of carbonyl (C=O) groups is 2. The molecule has 4 aromatic rings. The number of carbonyl (C=O) groups excluding carboxylic acids is 2.